The van der Waals surface area contributed by atoms with Gasteiger partial charge in [0, 0.05) is 22.4 Å². The van der Waals surface area contributed by atoms with E-state index in [1.54, 1.807) is 0 Å². The molecule has 0 fully saturated rings. The van der Waals surface area contributed by atoms with Gasteiger partial charge in [-0.05, 0) is 0 Å². The van der Waals surface area contributed by atoms with E-state index in [1.165, 1.54) is 0 Å². The fraction of sp³-hybridized carbons (Fsp3) is 0.500. The number of carboxylic acids is 3. The minimum atomic E-state index is -2.92. The Morgan fingerprint density at radius 2 is 1.30 bits per heavy atom. The molecule has 0 saturated carbocycles. The molecule has 0 rings (SSSR count). The minimum absolute atomic E-state index is 0. The van der Waals surface area contributed by atoms with Crippen molar-refractivity contribution >= 4 is 17.9 Å². The van der Waals surface area contributed by atoms with Gasteiger partial charge < -0.3 is 33.8 Å². The first kappa shape index (κ1) is 30.9. The van der Waals surface area contributed by atoms with Gasteiger partial charge in [0.1, 0.15) is 0 Å². The Labute approximate surface area is 127 Å². The molecule has 0 amide bonds. The first-order valence-electron chi connectivity index (χ1n) is 3.70. The molecule has 125 valence electrons. The van der Waals surface area contributed by atoms with E-state index < -0.39 is 41.4 Å². The predicted molar refractivity (Wildman–Crippen MR) is 58.0 cm³/mol. The average Bonchev–Trinajstić information content (AvgIpc) is 1.98. The maximum absolute atomic E-state index is 10.7. The molecule has 0 unspecified atom stereocenters. The molecule has 13 nitrogen and oxygen atoms in total. The summed E-state index contributed by atoms with van der Waals surface area (Å²) in [6.45, 7) is 0. The topological polar surface area (TPSA) is 269 Å². The molecule has 0 atom stereocenters. The van der Waals surface area contributed by atoms with Crippen LogP contribution in [0.1, 0.15) is 12.8 Å². The summed E-state index contributed by atoms with van der Waals surface area (Å²) >= 11 is 0. The van der Waals surface area contributed by atoms with Crippen LogP contribution in [0.2, 0.25) is 0 Å². The van der Waals surface area contributed by atoms with Crippen LogP contribution in [-0.2, 0) is 41.6 Å². The Hall–Kier alpha value is -1.77. The van der Waals surface area contributed by atoms with Crippen LogP contribution in [0, 0.1) is 10.1 Å². The van der Waals surface area contributed by atoms with Crippen molar-refractivity contribution in [1.29, 1.82) is 0 Å². The van der Waals surface area contributed by atoms with Gasteiger partial charge in [-0.25, -0.2) is 4.79 Å². The molecule has 0 spiro atoms. The monoisotopic (exact) mass is 395 g/mol. The van der Waals surface area contributed by atoms with Crippen molar-refractivity contribution in [3.05, 3.63) is 10.1 Å². The second-order valence-electron chi connectivity index (χ2n) is 2.76. The molecule has 0 aliphatic rings. The van der Waals surface area contributed by atoms with Crippen molar-refractivity contribution in [2.75, 3.05) is 0 Å². The van der Waals surface area contributed by atoms with Gasteiger partial charge in [-0.2, -0.15) is 0 Å². The van der Waals surface area contributed by atoms with E-state index in [9.17, 15) is 24.5 Å². The van der Waals surface area contributed by atoms with Crippen molar-refractivity contribution in [3.8, 4) is 0 Å². The number of hydrogen-bond acceptors (Lipinski definition) is 9. The molecule has 0 heterocycles. The van der Waals surface area contributed by atoms with Gasteiger partial charge in [-0.3, -0.25) is 14.4 Å². The first-order chi connectivity index (χ1) is 7.19. The van der Waals surface area contributed by atoms with Crippen LogP contribution in [0.3, 0.4) is 0 Å². The van der Waals surface area contributed by atoms with Crippen LogP contribution in [0.5, 0.6) is 0 Å². The van der Waals surface area contributed by atoms with Gasteiger partial charge in [0.25, 0.3) is 5.09 Å². The number of nitrogens with zero attached hydrogens (tertiary/aromatic N) is 1. The molecule has 0 saturated heterocycles. The predicted octanol–water partition coefficient (Wildman–Crippen LogP) is -0.549. The van der Waals surface area contributed by atoms with E-state index >= 15 is 0 Å². The van der Waals surface area contributed by atoms with Crippen LogP contribution in [0.4, 0.5) is 0 Å². The molecule has 12 N–H and O–H groups in total. The fourth-order valence-corrected chi connectivity index (χ4v) is 0.949. The maximum Gasteiger partial charge on any atom is 0.337 e. The largest absolute Gasteiger partial charge is 0.481 e. The zero-order chi connectivity index (χ0) is 12.9. The Morgan fingerprint density at radius 3 is 1.45 bits per heavy atom. The van der Waals surface area contributed by atoms with E-state index in [-0.39, 0.29) is 40.8 Å². The number of aliphatic carboxylic acids is 3. The van der Waals surface area contributed by atoms with Crippen molar-refractivity contribution in [2.24, 2.45) is 0 Å². The van der Waals surface area contributed by atoms with Crippen LogP contribution in [-0.4, -0.2) is 43.9 Å². The number of carbonyl (C=O) groups is 3. The summed E-state index contributed by atoms with van der Waals surface area (Å²) < 4.78 is 0. The van der Waals surface area contributed by atoms with Crippen molar-refractivity contribution in [1.82, 2.24) is 18.5 Å². The molecule has 0 aromatic heterocycles. The summed E-state index contributed by atoms with van der Waals surface area (Å²) in [5.74, 6) is -5.50. The van der Waals surface area contributed by atoms with Crippen LogP contribution in [0.15, 0.2) is 0 Å². The Balaban J connectivity index is -0.000000187. The van der Waals surface area contributed by atoms with Crippen molar-refractivity contribution in [2.45, 2.75) is 18.4 Å². The molecule has 0 aromatic rings. The number of carboxylic acid groups (broad SMARTS) is 3. The summed E-state index contributed by atoms with van der Waals surface area (Å²) in [4.78, 5) is 45.0. The number of rotatable bonds is 7. The molecule has 0 aromatic carbocycles. The molecule has 14 heteroatoms. The van der Waals surface area contributed by atoms with Gasteiger partial charge in [-0.15, -0.1) is 10.1 Å². The summed E-state index contributed by atoms with van der Waals surface area (Å²) in [5.41, 5.74) is -2.92. The molecule has 0 bridgehead atoms. The molecule has 1 radical (unpaired) electrons. The molecular formula is C6H16AgN4O9. The standard InChI is InChI=1S/C6H7NO9.Ag.3H3N/c8-3(9)1-6(5(12)13,2-4(10)11)16-7(14)15;;;;/h1-2H2,(H,8,9)(H,10,11)(H,12,13);;3*1H3. The first-order valence-corrected chi connectivity index (χ1v) is 3.70. The zero-order valence-corrected chi connectivity index (χ0v) is 11.6. The summed E-state index contributed by atoms with van der Waals surface area (Å²) in [5, 5.41) is 33.8. The van der Waals surface area contributed by atoms with E-state index in [0.29, 0.717) is 0 Å². The smallest absolute Gasteiger partial charge is 0.337 e. The van der Waals surface area contributed by atoms with E-state index in [2.05, 4.69) is 4.84 Å². The SMILES string of the molecule is N.N.N.O=C(O)CC(CC(=O)O)(O[N+](=O)[O-])C(=O)O.[Ag]. The molecule has 0 aliphatic carbocycles. The second kappa shape index (κ2) is 12.3. The van der Waals surface area contributed by atoms with Crippen molar-refractivity contribution < 1.29 is 62.0 Å². The Bertz CT molecular complexity index is 309. The van der Waals surface area contributed by atoms with E-state index in [1.807, 2.05) is 0 Å². The van der Waals surface area contributed by atoms with Gasteiger partial charge in [-0.1, -0.05) is 0 Å². The van der Waals surface area contributed by atoms with Gasteiger partial charge in [0.05, 0.1) is 12.8 Å². The summed E-state index contributed by atoms with van der Waals surface area (Å²) in [6, 6.07) is 0. The third-order valence-corrected chi connectivity index (χ3v) is 1.51. The molecular weight excluding hydrogens is 380 g/mol. The second-order valence-corrected chi connectivity index (χ2v) is 2.76. The van der Waals surface area contributed by atoms with Gasteiger partial charge >= 0.3 is 17.9 Å². The molecule has 0 aliphatic heterocycles. The van der Waals surface area contributed by atoms with E-state index in [0.717, 1.165) is 0 Å². The van der Waals surface area contributed by atoms with Gasteiger partial charge in [0.15, 0.2) is 0 Å². The Morgan fingerprint density at radius 1 is 1.00 bits per heavy atom. The van der Waals surface area contributed by atoms with Crippen LogP contribution in [0.25, 0.3) is 0 Å². The summed E-state index contributed by atoms with van der Waals surface area (Å²) in [6.07, 6.45) is -2.68. The zero-order valence-electron chi connectivity index (χ0n) is 10.1. The van der Waals surface area contributed by atoms with Crippen LogP contribution < -0.4 is 18.5 Å². The minimum Gasteiger partial charge on any atom is -0.481 e. The summed E-state index contributed by atoms with van der Waals surface area (Å²) in [7, 11) is 0. The molecule has 20 heavy (non-hydrogen) atoms. The maximum atomic E-state index is 10.7. The number of hydrogen-bond donors (Lipinski definition) is 6. The Kier molecular flexibility index (Phi) is 19.0. The quantitative estimate of drug-likeness (QED) is 0.180. The third-order valence-electron chi connectivity index (χ3n) is 1.51. The van der Waals surface area contributed by atoms with Gasteiger partial charge in [0.2, 0.25) is 5.60 Å². The van der Waals surface area contributed by atoms with Crippen molar-refractivity contribution in [3.63, 3.8) is 0 Å². The third kappa shape index (κ3) is 10.2. The van der Waals surface area contributed by atoms with Crippen LogP contribution >= 0.6 is 0 Å². The normalized spacial score (nSPS) is 8.40. The fourth-order valence-electron chi connectivity index (χ4n) is 0.949. The van der Waals surface area contributed by atoms with E-state index in [4.69, 9.17) is 15.3 Å². The average molecular weight is 396 g/mol.